The number of hydrogen-bond donors (Lipinski definition) is 1. The van der Waals surface area contributed by atoms with Crippen LogP contribution in [0.4, 0.5) is 0 Å². The normalized spacial score (nSPS) is 20.3. The zero-order valence-electron chi connectivity index (χ0n) is 14.4. The molecule has 2 aromatic carbocycles. The summed E-state index contributed by atoms with van der Waals surface area (Å²) in [5.41, 5.74) is 0.883. The van der Waals surface area contributed by atoms with Gasteiger partial charge in [0.1, 0.15) is 11.4 Å². The van der Waals surface area contributed by atoms with Crippen LogP contribution in [-0.4, -0.2) is 54.9 Å². The summed E-state index contributed by atoms with van der Waals surface area (Å²) in [7, 11) is 1.58. The quantitative estimate of drug-likeness (QED) is 0.905. The summed E-state index contributed by atoms with van der Waals surface area (Å²) in [6, 6.07) is 17.0. The van der Waals surface area contributed by atoms with Crippen LogP contribution in [0.1, 0.15) is 15.9 Å². The number of aliphatic hydroxyl groups excluding tert-OH is 1. The van der Waals surface area contributed by atoms with Gasteiger partial charge in [0, 0.05) is 18.5 Å². The number of amides is 1. The predicted molar refractivity (Wildman–Crippen MR) is 94.8 cm³/mol. The molecule has 5 nitrogen and oxygen atoms in total. The minimum atomic E-state index is -0.770. The van der Waals surface area contributed by atoms with Gasteiger partial charge in [0.05, 0.1) is 26.9 Å². The Balaban J connectivity index is 1.77. The summed E-state index contributed by atoms with van der Waals surface area (Å²) in [4.78, 5) is 14.6. The van der Waals surface area contributed by atoms with E-state index in [4.69, 9.17) is 9.47 Å². The SMILES string of the molecule is COc1cccc(C(=O)N2CCO[C@](CO)(Cc3ccccc3)C2)c1. The molecule has 1 amide bonds. The Labute approximate surface area is 147 Å². The van der Waals surface area contributed by atoms with Gasteiger partial charge in [-0.15, -0.1) is 0 Å². The van der Waals surface area contributed by atoms with Crippen molar-refractivity contribution >= 4 is 5.91 Å². The van der Waals surface area contributed by atoms with E-state index in [1.54, 1.807) is 30.2 Å². The minimum Gasteiger partial charge on any atom is -0.497 e. The summed E-state index contributed by atoms with van der Waals surface area (Å²) in [5.74, 6) is 0.574. The monoisotopic (exact) mass is 341 g/mol. The summed E-state index contributed by atoms with van der Waals surface area (Å²) in [6.07, 6.45) is 0.562. The Bertz CT molecular complexity index is 719. The van der Waals surface area contributed by atoms with Crippen LogP contribution < -0.4 is 4.74 Å². The number of carbonyl (C=O) groups is 1. The Morgan fingerprint density at radius 2 is 2.04 bits per heavy atom. The first-order valence-corrected chi connectivity index (χ1v) is 8.38. The van der Waals surface area contributed by atoms with Crippen LogP contribution in [0.2, 0.25) is 0 Å². The second-order valence-corrected chi connectivity index (χ2v) is 6.31. The molecule has 1 aliphatic heterocycles. The largest absolute Gasteiger partial charge is 0.497 e. The zero-order valence-corrected chi connectivity index (χ0v) is 14.4. The summed E-state index contributed by atoms with van der Waals surface area (Å²) in [6.45, 7) is 1.13. The standard InChI is InChI=1S/C20H23NO4/c1-24-18-9-5-8-17(12-18)19(23)21-10-11-25-20(14-21,15-22)13-16-6-3-2-4-7-16/h2-9,12,22H,10-11,13-15H2,1H3/t20-/m1/s1. The van der Waals surface area contributed by atoms with Gasteiger partial charge >= 0.3 is 0 Å². The number of morpholine rings is 1. The molecule has 1 fully saturated rings. The molecule has 1 heterocycles. The van der Waals surface area contributed by atoms with E-state index in [1.807, 2.05) is 36.4 Å². The van der Waals surface area contributed by atoms with Gasteiger partial charge in [-0.05, 0) is 23.8 Å². The summed E-state index contributed by atoms with van der Waals surface area (Å²) < 4.78 is 11.1. The summed E-state index contributed by atoms with van der Waals surface area (Å²) in [5, 5.41) is 9.97. The molecule has 0 aliphatic carbocycles. The third kappa shape index (κ3) is 4.00. The van der Waals surface area contributed by atoms with E-state index >= 15 is 0 Å². The molecular formula is C20H23NO4. The van der Waals surface area contributed by atoms with E-state index in [2.05, 4.69) is 0 Å². The second-order valence-electron chi connectivity index (χ2n) is 6.31. The Morgan fingerprint density at radius 3 is 2.76 bits per heavy atom. The zero-order chi connectivity index (χ0) is 17.7. The summed E-state index contributed by atoms with van der Waals surface area (Å²) >= 11 is 0. The number of aliphatic hydroxyl groups is 1. The predicted octanol–water partition coefficient (Wildman–Crippen LogP) is 2.14. The number of ether oxygens (including phenoxy) is 2. The highest BCUT2D eigenvalue weighted by Gasteiger charge is 2.38. The van der Waals surface area contributed by atoms with Crippen LogP contribution in [0.15, 0.2) is 54.6 Å². The maximum atomic E-state index is 12.9. The van der Waals surface area contributed by atoms with Gasteiger partial charge in [-0.2, -0.15) is 0 Å². The average molecular weight is 341 g/mol. The number of carbonyl (C=O) groups excluding carboxylic acids is 1. The van der Waals surface area contributed by atoms with Crippen LogP contribution in [0.25, 0.3) is 0 Å². The van der Waals surface area contributed by atoms with Gasteiger partial charge < -0.3 is 19.5 Å². The molecule has 0 unspecified atom stereocenters. The van der Waals surface area contributed by atoms with Gasteiger partial charge in [-0.3, -0.25) is 4.79 Å². The van der Waals surface area contributed by atoms with Crippen molar-refractivity contribution in [2.24, 2.45) is 0 Å². The molecule has 1 atom stereocenters. The number of rotatable bonds is 5. The van der Waals surface area contributed by atoms with Gasteiger partial charge in [-0.25, -0.2) is 0 Å². The van der Waals surface area contributed by atoms with E-state index < -0.39 is 5.60 Å². The van der Waals surface area contributed by atoms with Gasteiger partial charge in [0.25, 0.3) is 5.91 Å². The number of nitrogens with zero attached hydrogens (tertiary/aromatic N) is 1. The van der Waals surface area contributed by atoms with Crippen molar-refractivity contribution in [1.82, 2.24) is 4.90 Å². The Kier molecular flexibility index (Phi) is 5.36. The number of benzene rings is 2. The molecule has 1 saturated heterocycles. The lowest BCUT2D eigenvalue weighted by Crippen LogP contribution is -2.56. The third-order valence-corrected chi connectivity index (χ3v) is 4.51. The van der Waals surface area contributed by atoms with Crippen LogP contribution in [-0.2, 0) is 11.2 Å². The van der Waals surface area contributed by atoms with E-state index in [0.29, 0.717) is 37.4 Å². The molecule has 5 heteroatoms. The third-order valence-electron chi connectivity index (χ3n) is 4.51. The van der Waals surface area contributed by atoms with Crippen molar-refractivity contribution < 1.29 is 19.4 Å². The number of hydrogen-bond acceptors (Lipinski definition) is 4. The Morgan fingerprint density at radius 1 is 1.24 bits per heavy atom. The first-order chi connectivity index (χ1) is 12.2. The first kappa shape index (κ1) is 17.5. The van der Waals surface area contributed by atoms with Crippen molar-refractivity contribution in [2.45, 2.75) is 12.0 Å². The van der Waals surface area contributed by atoms with E-state index in [0.717, 1.165) is 5.56 Å². The lowest BCUT2D eigenvalue weighted by atomic mass is 9.93. The molecule has 0 saturated carbocycles. The molecule has 0 aromatic heterocycles. The van der Waals surface area contributed by atoms with Gasteiger partial charge in [-0.1, -0.05) is 36.4 Å². The molecule has 3 rings (SSSR count). The lowest BCUT2D eigenvalue weighted by molar-refractivity contribution is -0.123. The van der Waals surface area contributed by atoms with Crippen LogP contribution in [0.5, 0.6) is 5.75 Å². The second kappa shape index (κ2) is 7.68. The van der Waals surface area contributed by atoms with Crippen LogP contribution >= 0.6 is 0 Å². The molecule has 1 N–H and O–H groups in total. The van der Waals surface area contributed by atoms with Crippen molar-refractivity contribution in [1.29, 1.82) is 0 Å². The van der Waals surface area contributed by atoms with Crippen LogP contribution in [0, 0.1) is 0 Å². The van der Waals surface area contributed by atoms with Gasteiger partial charge in [0.15, 0.2) is 0 Å². The van der Waals surface area contributed by atoms with E-state index in [1.165, 1.54) is 0 Å². The number of methoxy groups -OCH3 is 1. The average Bonchev–Trinajstić information content (AvgIpc) is 2.68. The van der Waals surface area contributed by atoms with Crippen molar-refractivity contribution in [3.05, 3.63) is 65.7 Å². The fraction of sp³-hybridized carbons (Fsp3) is 0.350. The fourth-order valence-corrected chi connectivity index (χ4v) is 3.18. The van der Waals surface area contributed by atoms with Crippen molar-refractivity contribution in [3.63, 3.8) is 0 Å². The molecule has 0 radical (unpaired) electrons. The maximum Gasteiger partial charge on any atom is 0.254 e. The Hall–Kier alpha value is -2.37. The highest BCUT2D eigenvalue weighted by Crippen LogP contribution is 2.25. The van der Waals surface area contributed by atoms with Crippen LogP contribution in [0.3, 0.4) is 0 Å². The lowest BCUT2D eigenvalue weighted by Gasteiger charge is -2.42. The maximum absolute atomic E-state index is 12.9. The van der Waals surface area contributed by atoms with Gasteiger partial charge in [0.2, 0.25) is 0 Å². The molecule has 0 bridgehead atoms. The fourth-order valence-electron chi connectivity index (χ4n) is 3.18. The van der Waals surface area contributed by atoms with E-state index in [-0.39, 0.29) is 12.5 Å². The highest BCUT2D eigenvalue weighted by atomic mass is 16.5. The molecule has 2 aromatic rings. The molecule has 0 spiro atoms. The molecular weight excluding hydrogens is 318 g/mol. The molecule has 132 valence electrons. The van der Waals surface area contributed by atoms with Crippen molar-refractivity contribution in [3.8, 4) is 5.75 Å². The molecule has 25 heavy (non-hydrogen) atoms. The molecule has 1 aliphatic rings. The van der Waals surface area contributed by atoms with Crippen molar-refractivity contribution in [2.75, 3.05) is 33.4 Å². The minimum absolute atomic E-state index is 0.0758. The highest BCUT2D eigenvalue weighted by molar-refractivity contribution is 5.94. The van der Waals surface area contributed by atoms with E-state index in [9.17, 15) is 9.90 Å². The smallest absolute Gasteiger partial charge is 0.254 e. The topological polar surface area (TPSA) is 59.0 Å². The first-order valence-electron chi connectivity index (χ1n) is 8.38.